The van der Waals surface area contributed by atoms with E-state index in [0.717, 1.165) is 5.75 Å². The van der Waals surface area contributed by atoms with Crippen molar-refractivity contribution in [2.24, 2.45) is 5.92 Å². The number of hydrogen-bond donors (Lipinski definition) is 1. The van der Waals surface area contributed by atoms with Gasteiger partial charge in [-0.2, -0.15) is 0 Å². The van der Waals surface area contributed by atoms with Crippen molar-refractivity contribution >= 4 is 29.4 Å². The topological polar surface area (TPSA) is 74.7 Å². The average molecular weight is 285 g/mol. The average Bonchev–Trinajstić information content (AvgIpc) is 2.54. The Morgan fingerprint density at radius 3 is 2.42 bits per heavy atom. The molecule has 0 fully saturated rings. The summed E-state index contributed by atoms with van der Waals surface area (Å²) in [6, 6.07) is 0. The van der Waals surface area contributed by atoms with Gasteiger partial charge in [0.05, 0.1) is 6.42 Å². The zero-order valence-corrected chi connectivity index (χ0v) is 12.4. The van der Waals surface area contributed by atoms with Crippen LogP contribution < -0.4 is 0 Å². The zero-order valence-electron chi connectivity index (χ0n) is 11.6. The van der Waals surface area contributed by atoms with Gasteiger partial charge < -0.3 is 10.0 Å². The molecule has 1 aliphatic rings. The van der Waals surface area contributed by atoms with E-state index >= 15 is 0 Å². The van der Waals surface area contributed by atoms with Gasteiger partial charge in [0.2, 0.25) is 0 Å². The Morgan fingerprint density at radius 1 is 1.42 bits per heavy atom. The maximum absolute atomic E-state index is 12.3. The van der Waals surface area contributed by atoms with Crippen molar-refractivity contribution in [3.63, 3.8) is 0 Å². The Hall–Kier alpha value is -1.30. The van der Waals surface area contributed by atoms with E-state index in [1.807, 2.05) is 6.92 Å². The normalized spacial score (nSPS) is 19.5. The molecule has 0 saturated carbocycles. The second kappa shape index (κ2) is 6.23. The Morgan fingerprint density at radius 2 is 2.00 bits per heavy atom. The number of aliphatic carboxylic acids is 1. The highest BCUT2D eigenvalue weighted by Gasteiger charge is 2.41. The van der Waals surface area contributed by atoms with E-state index in [1.54, 1.807) is 20.9 Å². The molecule has 0 aromatic heterocycles. The fourth-order valence-electron chi connectivity index (χ4n) is 2.03. The number of rotatable bonds is 6. The number of carbonyl (C=O) groups excluding carboxylic acids is 2. The SMILES string of the molecule is CCS[C@H]1C(C(=O)C(C)C)=C(CC(=O)O)C(=O)N1C. The summed E-state index contributed by atoms with van der Waals surface area (Å²) in [5.41, 5.74) is 0.511. The maximum atomic E-state index is 12.3. The number of amides is 1. The first-order valence-corrected chi connectivity index (χ1v) is 7.23. The van der Waals surface area contributed by atoms with Gasteiger partial charge >= 0.3 is 5.97 Å². The summed E-state index contributed by atoms with van der Waals surface area (Å²) in [5.74, 6) is -1.08. The lowest BCUT2D eigenvalue weighted by Gasteiger charge is -2.22. The molecule has 6 heteroatoms. The predicted molar refractivity (Wildman–Crippen MR) is 73.8 cm³/mol. The molecule has 0 radical (unpaired) electrons. The molecule has 0 aromatic carbocycles. The molecular formula is C13H19NO4S. The van der Waals surface area contributed by atoms with E-state index in [1.165, 1.54) is 16.7 Å². The molecule has 1 heterocycles. The van der Waals surface area contributed by atoms with Crippen LogP contribution in [-0.2, 0) is 14.4 Å². The summed E-state index contributed by atoms with van der Waals surface area (Å²) in [7, 11) is 1.61. The number of carbonyl (C=O) groups is 3. The van der Waals surface area contributed by atoms with E-state index in [0.29, 0.717) is 5.57 Å². The molecule has 0 unspecified atom stereocenters. The third-order valence-electron chi connectivity index (χ3n) is 2.94. The summed E-state index contributed by atoms with van der Waals surface area (Å²) < 4.78 is 0. The van der Waals surface area contributed by atoms with Crippen LogP contribution in [0.4, 0.5) is 0 Å². The predicted octanol–water partition coefficient (Wildman–Crippen LogP) is 1.53. The van der Waals surface area contributed by atoms with Crippen LogP contribution >= 0.6 is 11.8 Å². The Balaban J connectivity index is 3.27. The molecule has 0 aliphatic carbocycles. The third kappa shape index (κ3) is 3.18. The monoisotopic (exact) mass is 285 g/mol. The largest absolute Gasteiger partial charge is 0.481 e. The maximum Gasteiger partial charge on any atom is 0.308 e. The van der Waals surface area contributed by atoms with Crippen molar-refractivity contribution in [2.45, 2.75) is 32.6 Å². The van der Waals surface area contributed by atoms with Crippen molar-refractivity contribution in [1.29, 1.82) is 0 Å². The molecular weight excluding hydrogens is 266 g/mol. The molecule has 19 heavy (non-hydrogen) atoms. The lowest BCUT2D eigenvalue weighted by Crippen LogP contribution is -2.31. The second-order valence-corrected chi connectivity index (χ2v) is 6.06. The van der Waals surface area contributed by atoms with Crippen LogP contribution in [0, 0.1) is 5.92 Å². The van der Waals surface area contributed by atoms with Gasteiger partial charge in [-0.25, -0.2) is 0 Å². The molecule has 1 aliphatic heterocycles. The molecule has 0 spiro atoms. The number of ketones is 1. The van der Waals surface area contributed by atoms with Crippen molar-refractivity contribution in [3.8, 4) is 0 Å². The van der Waals surface area contributed by atoms with Crippen LogP contribution in [0.15, 0.2) is 11.1 Å². The third-order valence-corrected chi connectivity index (χ3v) is 4.15. The highest BCUT2D eigenvalue weighted by molar-refractivity contribution is 8.00. The molecule has 0 aromatic rings. The van der Waals surface area contributed by atoms with Crippen molar-refractivity contribution in [3.05, 3.63) is 11.1 Å². The van der Waals surface area contributed by atoms with Crippen LogP contribution in [0.1, 0.15) is 27.2 Å². The molecule has 0 saturated heterocycles. The Kier molecular flexibility index (Phi) is 5.17. The standard InChI is InChI=1S/C13H19NO4S/c1-5-19-13-10(11(17)7(2)3)8(6-9(15)16)12(18)14(13)4/h7,13H,5-6H2,1-4H3,(H,15,16)/t13-/m0/s1. The van der Waals surface area contributed by atoms with E-state index in [4.69, 9.17) is 5.11 Å². The number of carboxylic acid groups (broad SMARTS) is 1. The fraction of sp³-hybridized carbons (Fsp3) is 0.615. The van der Waals surface area contributed by atoms with Crippen molar-refractivity contribution in [2.75, 3.05) is 12.8 Å². The second-order valence-electron chi connectivity index (χ2n) is 4.71. The van der Waals surface area contributed by atoms with Gasteiger partial charge in [-0.05, 0) is 5.75 Å². The van der Waals surface area contributed by atoms with E-state index in [9.17, 15) is 14.4 Å². The summed E-state index contributed by atoms with van der Waals surface area (Å²) in [5, 5.41) is 8.55. The minimum atomic E-state index is -1.09. The first kappa shape index (κ1) is 15.8. The van der Waals surface area contributed by atoms with Gasteiger partial charge in [0, 0.05) is 24.1 Å². The summed E-state index contributed by atoms with van der Waals surface area (Å²) >= 11 is 1.47. The quantitative estimate of drug-likeness (QED) is 0.801. The number of Topliss-reactive ketones (excluding diaryl/α,β-unsaturated/α-hetero) is 1. The Labute approximate surface area is 117 Å². The van der Waals surface area contributed by atoms with Gasteiger partial charge in [0.1, 0.15) is 5.37 Å². The van der Waals surface area contributed by atoms with Gasteiger partial charge in [0.25, 0.3) is 5.91 Å². The highest BCUT2D eigenvalue weighted by Crippen LogP contribution is 2.35. The molecule has 106 valence electrons. The van der Waals surface area contributed by atoms with E-state index < -0.39 is 12.4 Å². The van der Waals surface area contributed by atoms with Crippen LogP contribution in [0.3, 0.4) is 0 Å². The highest BCUT2D eigenvalue weighted by atomic mass is 32.2. The smallest absolute Gasteiger partial charge is 0.308 e. The fourth-order valence-corrected chi connectivity index (χ4v) is 3.09. The number of likely N-dealkylation sites (N-methyl/N-ethyl adjacent to an activating group) is 1. The van der Waals surface area contributed by atoms with Crippen LogP contribution in [0.2, 0.25) is 0 Å². The first-order valence-electron chi connectivity index (χ1n) is 6.19. The van der Waals surface area contributed by atoms with Gasteiger partial charge in [-0.1, -0.05) is 20.8 Å². The number of carboxylic acids is 1. The van der Waals surface area contributed by atoms with Crippen LogP contribution in [-0.4, -0.2) is 45.8 Å². The lowest BCUT2D eigenvalue weighted by molar-refractivity contribution is -0.137. The number of nitrogens with zero attached hydrogens (tertiary/aromatic N) is 1. The zero-order chi connectivity index (χ0) is 14.7. The summed E-state index contributed by atoms with van der Waals surface area (Å²) in [6.07, 6.45) is -0.391. The minimum absolute atomic E-state index is 0.139. The van der Waals surface area contributed by atoms with Crippen LogP contribution in [0.5, 0.6) is 0 Å². The first-order chi connectivity index (χ1) is 8.81. The summed E-state index contributed by atoms with van der Waals surface area (Å²) in [6.45, 7) is 5.45. The molecule has 1 atom stereocenters. The van der Waals surface area contributed by atoms with Gasteiger partial charge in [-0.15, -0.1) is 11.8 Å². The Bertz CT molecular complexity index is 442. The molecule has 1 amide bonds. The van der Waals surface area contributed by atoms with Crippen molar-refractivity contribution in [1.82, 2.24) is 4.90 Å². The summed E-state index contributed by atoms with van der Waals surface area (Å²) in [4.78, 5) is 36.7. The van der Waals surface area contributed by atoms with E-state index in [-0.39, 0.29) is 28.6 Å². The minimum Gasteiger partial charge on any atom is -0.481 e. The van der Waals surface area contributed by atoms with Gasteiger partial charge in [0.15, 0.2) is 5.78 Å². The molecule has 1 N–H and O–H groups in total. The number of hydrogen-bond acceptors (Lipinski definition) is 4. The lowest BCUT2D eigenvalue weighted by atomic mass is 9.96. The van der Waals surface area contributed by atoms with Gasteiger partial charge in [-0.3, -0.25) is 14.4 Å². The molecule has 5 nitrogen and oxygen atoms in total. The van der Waals surface area contributed by atoms with Crippen LogP contribution in [0.25, 0.3) is 0 Å². The molecule has 1 rings (SSSR count). The van der Waals surface area contributed by atoms with E-state index in [2.05, 4.69) is 0 Å². The van der Waals surface area contributed by atoms with Crippen molar-refractivity contribution < 1.29 is 19.5 Å². The molecule has 0 bridgehead atoms. The number of thioether (sulfide) groups is 1.